The Hall–Kier alpha value is -1.36. The number of nitrogens with one attached hydrogen (secondary N) is 1. The van der Waals surface area contributed by atoms with Crippen LogP contribution in [0.3, 0.4) is 0 Å². The molecule has 1 unspecified atom stereocenters. The summed E-state index contributed by atoms with van der Waals surface area (Å²) in [6.07, 6.45) is 1.43. The number of nitrogens with zero attached hydrogens (tertiary/aromatic N) is 2. The number of amides is 1. The number of rotatable bonds is 3. The molecule has 1 aliphatic rings. The van der Waals surface area contributed by atoms with Crippen LogP contribution in [0.2, 0.25) is 0 Å². The van der Waals surface area contributed by atoms with Crippen LogP contribution >= 0.6 is 0 Å². The van der Waals surface area contributed by atoms with E-state index in [1.807, 2.05) is 25.8 Å². The summed E-state index contributed by atoms with van der Waals surface area (Å²) in [6, 6.07) is 0.434. The number of hydrogen-bond acceptors (Lipinski definition) is 4. The van der Waals surface area contributed by atoms with Crippen LogP contribution in [-0.2, 0) is 11.2 Å². The Labute approximate surface area is 101 Å². The molecule has 17 heavy (non-hydrogen) atoms. The topological polar surface area (TPSA) is 58.4 Å². The van der Waals surface area contributed by atoms with E-state index in [-0.39, 0.29) is 5.91 Å². The molecule has 94 valence electrons. The highest BCUT2D eigenvalue weighted by atomic mass is 16.5. The highest BCUT2D eigenvalue weighted by molar-refractivity contribution is 5.79. The zero-order chi connectivity index (χ0) is 12.4. The van der Waals surface area contributed by atoms with Crippen LogP contribution in [0, 0.1) is 13.8 Å². The van der Waals surface area contributed by atoms with Crippen LogP contribution in [0.25, 0.3) is 0 Å². The molecule has 0 aromatic carbocycles. The lowest BCUT2D eigenvalue weighted by Gasteiger charge is -2.16. The second kappa shape index (κ2) is 4.87. The van der Waals surface area contributed by atoms with Crippen molar-refractivity contribution in [2.75, 3.05) is 20.1 Å². The highest BCUT2D eigenvalue weighted by Gasteiger charge is 2.26. The summed E-state index contributed by atoms with van der Waals surface area (Å²) in [7, 11) is 1.94. The van der Waals surface area contributed by atoms with Gasteiger partial charge in [0.25, 0.3) is 0 Å². The Bertz CT molecular complexity index is 394. The van der Waals surface area contributed by atoms with Gasteiger partial charge in [-0.05, 0) is 27.3 Å². The monoisotopic (exact) mass is 237 g/mol. The summed E-state index contributed by atoms with van der Waals surface area (Å²) in [6.45, 7) is 5.37. The Morgan fingerprint density at radius 1 is 1.59 bits per heavy atom. The minimum atomic E-state index is 0.164. The number of aryl methyl sites for hydroxylation is 2. The fourth-order valence-corrected chi connectivity index (χ4v) is 2.24. The van der Waals surface area contributed by atoms with Crippen LogP contribution in [0.5, 0.6) is 0 Å². The predicted octanol–water partition coefficient (Wildman–Crippen LogP) is 0.654. The molecule has 1 N–H and O–H groups in total. The number of carbonyl (C=O) groups excluding carboxylic acids is 1. The number of likely N-dealkylation sites (N-methyl/N-ethyl adjacent to an activating group) is 1. The van der Waals surface area contributed by atoms with E-state index in [9.17, 15) is 4.79 Å². The lowest BCUT2D eigenvalue weighted by Crippen LogP contribution is -2.34. The maximum absolute atomic E-state index is 12.1. The molecule has 1 atom stereocenters. The normalized spacial score (nSPS) is 19.9. The molecule has 1 aromatic heterocycles. The van der Waals surface area contributed by atoms with E-state index in [4.69, 9.17) is 4.52 Å². The smallest absolute Gasteiger partial charge is 0.227 e. The third-order valence-corrected chi connectivity index (χ3v) is 3.46. The van der Waals surface area contributed by atoms with E-state index >= 15 is 0 Å². The van der Waals surface area contributed by atoms with Crippen molar-refractivity contribution in [1.82, 2.24) is 15.4 Å². The van der Waals surface area contributed by atoms with Gasteiger partial charge in [-0.25, -0.2) is 0 Å². The van der Waals surface area contributed by atoms with Gasteiger partial charge in [-0.1, -0.05) is 5.16 Å². The highest BCUT2D eigenvalue weighted by Crippen LogP contribution is 2.16. The SMILES string of the molecule is CNC1CCN(C(=O)Cc2c(C)noc2C)C1. The molecule has 2 heterocycles. The fraction of sp³-hybridized carbons (Fsp3) is 0.667. The molecule has 5 nitrogen and oxygen atoms in total. The lowest BCUT2D eigenvalue weighted by atomic mass is 10.1. The minimum absolute atomic E-state index is 0.164. The third kappa shape index (κ3) is 2.49. The van der Waals surface area contributed by atoms with E-state index in [1.165, 1.54) is 0 Å². The first-order chi connectivity index (χ1) is 8.11. The van der Waals surface area contributed by atoms with Gasteiger partial charge >= 0.3 is 0 Å². The number of likely N-dealkylation sites (tertiary alicyclic amines) is 1. The molecule has 1 saturated heterocycles. The van der Waals surface area contributed by atoms with E-state index < -0.39 is 0 Å². The quantitative estimate of drug-likeness (QED) is 0.838. The Morgan fingerprint density at radius 3 is 2.88 bits per heavy atom. The Balaban J connectivity index is 1.98. The van der Waals surface area contributed by atoms with Gasteiger partial charge in [-0.3, -0.25) is 4.79 Å². The van der Waals surface area contributed by atoms with Crippen LogP contribution in [0.4, 0.5) is 0 Å². The molecule has 1 amide bonds. The van der Waals surface area contributed by atoms with Gasteiger partial charge in [0.15, 0.2) is 0 Å². The van der Waals surface area contributed by atoms with Gasteiger partial charge in [-0.15, -0.1) is 0 Å². The van der Waals surface area contributed by atoms with Crippen molar-refractivity contribution in [1.29, 1.82) is 0 Å². The van der Waals surface area contributed by atoms with Gasteiger partial charge < -0.3 is 14.7 Å². The van der Waals surface area contributed by atoms with Gasteiger partial charge in [0, 0.05) is 24.7 Å². The maximum atomic E-state index is 12.1. The zero-order valence-corrected chi connectivity index (χ0v) is 10.6. The molecular weight excluding hydrogens is 218 g/mol. The Morgan fingerprint density at radius 2 is 2.35 bits per heavy atom. The van der Waals surface area contributed by atoms with Crippen molar-refractivity contribution >= 4 is 5.91 Å². The molecule has 1 aliphatic heterocycles. The van der Waals surface area contributed by atoms with Crippen molar-refractivity contribution in [3.05, 3.63) is 17.0 Å². The number of aromatic nitrogens is 1. The molecule has 0 aliphatic carbocycles. The van der Waals surface area contributed by atoms with E-state index in [0.29, 0.717) is 12.5 Å². The van der Waals surface area contributed by atoms with E-state index in [1.54, 1.807) is 0 Å². The minimum Gasteiger partial charge on any atom is -0.361 e. The summed E-state index contributed by atoms with van der Waals surface area (Å²) in [5.41, 5.74) is 1.75. The molecule has 0 spiro atoms. The fourth-order valence-electron chi connectivity index (χ4n) is 2.24. The van der Waals surface area contributed by atoms with Gasteiger partial charge in [0.1, 0.15) is 5.76 Å². The lowest BCUT2D eigenvalue weighted by molar-refractivity contribution is -0.129. The summed E-state index contributed by atoms with van der Waals surface area (Å²) in [4.78, 5) is 14.0. The second-order valence-corrected chi connectivity index (χ2v) is 4.59. The average Bonchev–Trinajstić information content (AvgIpc) is 2.90. The number of hydrogen-bond donors (Lipinski definition) is 1. The summed E-state index contributed by atoms with van der Waals surface area (Å²) < 4.78 is 5.07. The zero-order valence-electron chi connectivity index (χ0n) is 10.6. The van der Waals surface area contributed by atoms with E-state index in [0.717, 1.165) is 36.5 Å². The molecule has 0 saturated carbocycles. The maximum Gasteiger partial charge on any atom is 0.227 e. The van der Waals surface area contributed by atoms with E-state index in [2.05, 4.69) is 10.5 Å². The first-order valence-electron chi connectivity index (χ1n) is 5.98. The van der Waals surface area contributed by atoms with Crippen LogP contribution in [0.15, 0.2) is 4.52 Å². The first-order valence-corrected chi connectivity index (χ1v) is 5.98. The standard InChI is InChI=1S/C12H19N3O2/c1-8-11(9(2)17-14-8)6-12(16)15-5-4-10(7-15)13-3/h10,13H,4-7H2,1-3H3. The van der Waals surface area contributed by atoms with Gasteiger partial charge in [-0.2, -0.15) is 0 Å². The molecule has 1 aromatic rings. The van der Waals surface area contributed by atoms with Crippen molar-refractivity contribution < 1.29 is 9.32 Å². The van der Waals surface area contributed by atoms with Crippen LogP contribution in [-0.4, -0.2) is 42.1 Å². The summed E-state index contributed by atoms with van der Waals surface area (Å²) >= 11 is 0. The molecule has 0 radical (unpaired) electrons. The molecule has 1 fully saturated rings. The largest absolute Gasteiger partial charge is 0.361 e. The molecule has 5 heteroatoms. The van der Waals surface area contributed by atoms with Gasteiger partial charge in [0.05, 0.1) is 12.1 Å². The third-order valence-electron chi connectivity index (χ3n) is 3.46. The summed E-state index contributed by atoms with van der Waals surface area (Å²) in [5, 5.41) is 7.07. The van der Waals surface area contributed by atoms with Crippen LogP contribution in [0.1, 0.15) is 23.4 Å². The van der Waals surface area contributed by atoms with Crippen molar-refractivity contribution in [2.24, 2.45) is 0 Å². The first kappa shape index (κ1) is 12.1. The molecular formula is C12H19N3O2. The second-order valence-electron chi connectivity index (χ2n) is 4.59. The van der Waals surface area contributed by atoms with Crippen molar-refractivity contribution in [3.63, 3.8) is 0 Å². The van der Waals surface area contributed by atoms with Gasteiger partial charge in [0.2, 0.25) is 5.91 Å². The van der Waals surface area contributed by atoms with Crippen molar-refractivity contribution in [2.45, 2.75) is 32.7 Å². The summed E-state index contributed by atoms with van der Waals surface area (Å²) in [5.74, 6) is 0.914. The van der Waals surface area contributed by atoms with Crippen LogP contribution < -0.4 is 5.32 Å². The predicted molar refractivity (Wildman–Crippen MR) is 63.7 cm³/mol. The molecule has 2 rings (SSSR count). The Kier molecular flexibility index (Phi) is 3.47. The number of carbonyl (C=O) groups is 1. The molecule has 0 bridgehead atoms. The van der Waals surface area contributed by atoms with Crippen molar-refractivity contribution in [3.8, 4) is 0 Å². The average molecular weight is 237 g/mol.